The molecule has 1 amide bonds. The summed E-state index contributed by atoms with van der Waals surface area (Å²) in [6, 6.07) is 3.80. The van der Waals surface area contributed by atoms with Crippen LogP contribution in [0.1, 0.15) is 44.5 Å². The van der Waals surface area contributed by atoms with Crippen molar-refractivity contribution >= 4 is 11.7 Å². The first-order valence-electron chi connectivity index (χ1n) is 6.61. The van der Waals surface area contributed by atoms with Gasteiger partial charge in [-0.25, -0.2) is 4.98 Å². The molecular weight excluding hydrogens is 226 g/mol. The number of pyridine rings is 1. The second-order valence-corrected chi connectivity index (χ2v) is 4.55. The molecule has 0 fully saturated rings. The van der Waals surface area contributed by atoms with Crippen molar-refractivity contribution in [3.8, 4) is 0 Å². The summed E-state index contributed by atoms with van der Waals surface area (Å²) in [5, 5.41) is 3.12. The normalized spacial score (nSPS) is 10.5. The summed E-state index contributed by atoms with van der Waals surface area (Å²) in [4.78, 5) is 18.5. The highest BCUT2D eigenvalue weighted by Crippen LogP contribution is 2.12. The topological polar surface area (TPSA) is 45.2 Å². The maximum absolute atomic E-state index is 12.4. The molecule has 0 saturated carbocycles. The Morgan fingerprint density at radius 1 is 1.44 bits per heavy atom. The van der Waals surface area contributed by atoms with Crippen LogP contribution in [0.4, 0.5) is 5.82 Å². The highest BCUT2D eigenvalue weighted by Gasteiger charge is 2.18. The zero-order valence-corrected chi connectivity index (χ0v) is 11.7. The number of nitrogens with zero attached hydrogens (tertiary/aromatic N) is 2. The van der Waals surface area contributed by atoms with Crippen molar-refractivity contribution in [1.82, 2.24) is 9.88 Å². The number of amides is 1. The summed E-state index contributed by atoms with van der Waals surface area (Å²) in [7, 11) is 0. The third kappa shape index (κ3) is 3.72. The molecule has 0 spiro atoms. The zero-order valence-electron chi connectivity index (χ0n) is 11.7. The molecule has 4 heteroatoms. The Labute approximate surface area is 109 Å². The van der Waals surface area contributed by atoms with E-state index in [9.17, 15) is 4.79 Å². The Balaban J connectivity index is 2.90. The first-order chi connectivity index (χ1) is 8.60. The lowest BCUT2D eigenvalue weighted by Crippen LogP contribution is -2.37. The van der Waals surface area contributed by atoms with Crippen LogP contribution in [-0.4, -0.2) is 34.9 Å². The predicted octanol–water partition coefficient (Wildman–Crippen LogP) is 2.77. The van der Waals surface area contributed by atoms with Gasteiger partial charge < -0.3 is 10.2 Å². The summed E-state index contributed by atoms with van der Waals surface area (Å²) in [5.74, 6) is 0.831. The molecule has 1 N–H and O–H groups in total. The molecule has 0 unspecified atom stereocenters. The number of carbonyl (C=O) groups is 1. The van der Waals surface area contributed by atoms with Gasteiger partial charge in [-0.2, -0.15) is 0 Å². The number of hydrogen-bond donors (Lipinski definition) is 1. The van der Waals surface area contributed by atoms with E-state index < -0.39 is 0 Å². The third-order valence-electron chi connectivity index (χ3n) is 2.71. The lowest BCUT2D eigenvalue weighted by atomic mass is 10.2. The fraction of sp³-hybridized carbons (Fsp3) is 0.571. The zero-order chi connectivity index (χ0) is 13.5. The monoisotopic (exact) mass is 249 g/mol. The lowest BCUT2D eigenvalue weighted by molar-refractivity contribution is 0.0706. The molecule has 0 aliphatic carbocycles. The average molecular weight is 249 g/mol. The summed E-state index contributed by atoms with van der Waals surface area (Å²) in [6.07, 6.45) is 2.64. The Bertz CT molecular complexity index is 390. The Kier molecular flexibility index (Phi) is 5.62. The van der Waals surface area contributed by atoms with Crippen LogP contribution in [0, 0.1) is 0 Å². The molecule has 4 nitrogen and oxygen atoms in total. The summed E-state index contributed by atoms with van der Waals surface area (Å²) in [6.45, 7) is 9.76. The molecular formula is C14H23N3O. The van der Waals surface area contributed by atoms with Crippen LogP contribution >= 0.6 is 0 Å². The quantitative estimate of drug-likeness (QED) is 0.843. The molecule has 0 atom stereocenters. The number of anilines is 1. The Morgan fingerprint density at radius 2 is 2.17 bits per heavy atom. The Morgan fingerprint density at radius 3 is 2.72 bits per heavy atom. The minimum atomic E-state index is 0.0772. The van der Waals surface area contributed by atoms with Crippen molar-refractivity contribution < 1.29 is 4.79 Å². The van der Waals surface area contributed by atoms with Crippen LogP contribution in [0.3, 0.4) is 0 Å². The van der Waals surface area contributed by atoms with Crippen molar-refractivity contribution in [1.29, 1.82) is 0 Å². The standard InChI is InChI=1S/C14H23N3O/c1-5-9-17(11(3)4)14(18)12-7-8-16-13(10-12)15-6-2/h7-8,10-11H,5-6,9H2,1-4H3,(H,15,16). The molecule has 0 radical (unpaired) electrons. The van der Waals surface area contributed by atoms with E-state index in [1.165, 1.54) is 0 Å². The Hall–Kier alpha value is -1.58. The molecule has 0 aliphatic rings. The van der Waals surface area contributed by atoms with Crippen molar-refractivity contribution in [3.63, 3.8) is 0 Å². The second-order valence-electron chi connectivity index (χ2n) is 4.55. The van der Waals surface area contributed by atoms with Gasteiger partial charge in [0, 0.05) is 30.9 Å². The lowest BCUT2D eigenvalue weighted by Gasteiger charge is -2.26. The van der Waals surface area contributed by atoms with E-state index in [1.807, 2.05) is 31.7 Å². The van der Waals surface area contributed by atoms with Gasteiger partial charge in [-0.05, 0) is 39.3 Å². The number of hydrogen-bond acceptors (Lipinski definition) is 3. The maximum Gasteiger partial charge on any atom is 0.254 e. The first-order valence-corrected chi connectivity index (χ1v) is 6.61. The van der Waals surface area contributed by atoms with E-state index in [1.54, 1.807) is 12.3 Å². The summed E-state index contributed by atoms with van der Waals surface area (Å²) < 4.78 is 0. The number of nitrogens with one attached hydrogen (secondary N) is 1. The van der Waals surface area contributed by atoms with Crippen molar-refractivity contribution in [2.75, 3.05) is 18.4 Å². The van der Waals surface area contributed by atoms with Gasteiger partial charge in [0.1, 0.15) is 5.82 Å². The fourth-order valence-electron chi connectivity index (χ4n) is 1.84. The molecule has 18 heavy (non-hydrogen) atoms. The molecule has 1 aromatic rings. The van der Waals surface area contributed by atoms with Crippen LogP contribution in [0.15, 0.2) is 18.3 Å². The second kappa shape index (κ2) is 6.99. The van der Waals surface area contributed by atoms with E-state index >= 15 is 0 Å². The van der Waals surface area contributed by atoms with E-state index in [4.69, 9.17) is 0 Å². The highest BCUT2D eigenvalue weighted by molar-refractivity contribution is 5.95. The molecule has 1 heterocycles. The average Bonchev–Trinajstić information content (AvgIpc) is 2.35. The molecule has 0 bridgehead atoms. The van der Waals surface area contributed by atoms with E-state index in [0.29, 0.717) is 5.56 Å². The van der Waals surface area contributed by atoms with Gasteiger partial charge in [0.2, 0.25) is 0 Å². The predicted molar refractivity (Wildman–Crippen MR) is 74.9 cm³/mol. The number of aromatic nitrogens is 1. The maximum atomic E-state index is 12.4. The smallest absolute Gasteiger partial charge is 0.254 e. The SMILES string of the molecule is CCCN(C(=O)c1ccnc(NCC)c1)C(C)C. The van der Waals surface area contributed by atoms with Gasteiger partial charge in [-0.1, -0.05) is 6.92 Å². The largest absolute Gasteiger partial charge is 0.370 e. The van der Waals surface area contributed by atoms with Crippen molar-refractivity contribution in [2.45, 2.75) is 40.2 Å². The third-order valence-corrected chi connectivity index (χ3v) is 2.71. The first kappa shape index (κ1) is 14.5. The number of carbonyl (C=O) groups excluding carboxylic acids is 1. The highest BCUT2D eigenvalue weighted by atomic mass is 16.2. The van der Waals surface area contributed by atoms with E-state index in [0.717, 1.165) is 25.3 Å². The van der Waals surface area contributed by atoms with Crippen molar-refractivity contribution in [2.24, 2.45) is 0 Å². The van der Waals surface area contributed by atoms with E-state index in [-0.39, 0.29) is 11.9 Å². The molecule has 0 saturated heterocycles. The summed E-state index contributed by atoms with van der Waals surface area (Å²) >= 11 is 0. The van der Waals surface area contributed by atoms with Gasteiger partial charge in [-0.3, -0.25) is 4.79 Å². The minimum Gasteiger partial charge on any atom is -0.370 e. The van der Waals surface area contributed by atoms with Crippen LogP contribution in [0.25, 0.3) is 0 Å². The van der Waals surface area contributed by atoms with E-state index in [2.05, 4.69) is 17.2 Å². The van der Waals surface area contributed by atoms with Crippen molar-refractivity contribution in [3.05, 3.63) is 23.9 Å². The minimum absolute atomic E-state index is 0.0772. The van der Waals surface area contributed by atoms with Crippen LogP contribution in [0.2, 0.25) is 0 Å². The van der Waals surface area contributed by atoms with Gasteiger partial charge in [-0.15, -0.1) is 0 Å². The molecule has 100 valence electrons. The van der Waals surface area contributed by atoms with Gasteiger partial charge in [0.05, 0.1) is 0 Å². The fourth-order valence-corrected chi connectivity index (χ4v) is 1.84. The van der Waals surface area contributed by atoms with Gasteiger partial charge >= 0.3 is 0 Å². The summed E-state index contributed by atoms with van der Waals surface area (Å²) in [5.41, 5.74) is 0.697. The van der Waals surface area contributed by atoms with Crippen LogP contribution in [-0.2, 0) is 0 Å². The molecule has 1 rings (SSSR count). The molecule has 0 aromatic carbocycles. The van der Waals surface area contributed by atoms with Crippen LogP contribution < -0.4 is 5.32 Å². The molecule has 0 aliphatic heterocycles. The molecule has 1 aromatic heterocycles. The van der Waals surface area contributed by atoms with Crippen LogP contribution in [0.5, 0.6) is 0 Å². The van der Waals surface area contributed by atoms with Gasteiger partial charge in [0.25, 0.3) is 5.91 Å². The van der Waals surface area contributed by atoms with Gasteiger partial charge in [0.15, 0.2) is 0 Å². The number of rotatable bonds is 6.